The smallest absolute Gasteiger partial charge is 0.337 e. The van der Waals surface area contributed by atoms with Crippen molar-refractivity contribution in [3.05, 3.63) is 35.4 Å². The minimum absolute atomic E-state index is 0.284. The fourth-order valence-electron chi connectivity index (χ4n) is 1.55. The van der Waals surface area contributed by atoms with Gasteiger partial charge in [0.1, 0.15) is 0 Å². The summed E-state index contributed by atoms with van der Waals surface area (Å²) in [7, 11) is 1.39. The van der Waals surface area contributed by atoms with Crippen molar-refractivity contribution in [2.45, 2.75) is 5.37 Å². The Bertz CT molecular complexity index is 344. The molecule has 1 atom stereocenters. The highest BCUT2D eigenvalue weighted by atomic mass is 32.2. The number of nitrogens with one attached hydrogen (secondary N) is 1. The maximum absolute atomic E-state index is 11.2. The number of hydrogen-bond donors (Lipinski definition) is 1. The molecule has 1 N–H and O–H groups in total. The fraction of sp³-hybridized carbons (Fsp3) is 0.364. The fourth-order valence-corrected chi connectivity index (χ4v) is 2.61. The monoisotopic (exact) mass is 223 g/mol. The predicted molar refractivity (Wildman–Crippen MR) is 61.0 cm³/mol. The molecule has 2 rings (SSSR count). The second kappa shape index (κ2) is 4.68. The zero-order chi connectivity index (χ0) is 10.7. The summed E-state index contributed by atoms with van der Waals surface area (Å²) < 4.78 is 4.64. The Labute approximate surface area is 93.2 Å². The molecule has 0 amide bonds. The summed E-state index contributed by atoms with van der Waals surface area (Å²) in [5.74, 6) is 0.859. The third-order valence-electron chi connectivity index (χ3n) is 2.35. The summed E-state index contributed by atoms with van der Waals surface area (Å²) in [5.41, 5.74) is 1.81. The largest absolute Gasteiger partial charge is 0.465 e. The summed E-state index contributed by atoms with van der Waals surface area (Å²) in [6.45, 7) is 1.05. The van der Waals surface area contributed by atoms with Crippen LogP contribution in [0.2, 0.25) is 0 Å². The van der Waals surface area contributed by atoms with Crippen LogP contribution < -0.4 is 5.32 Å². The molecule has 1 unspecified atom stereocenters. The van der Waals surface area contributed by atoms with E-state index in [2.05, 4.69) is 10.1 Å². The minimum atomic E-state index is -0.284. The molecule has 15 heavy (non-hydrogen) atoms. The van der Waals surface area contributed by atoms with Gasteiger partial charge in [0, 0.05) is 12.3 Å². The van der Waals surface area contributed by atoms with Gasteiger partial charge < -0.3 is 10.1 Å². The molecule has 80 valence electrons. The average Bonchev–Trinajstić information content (AvgIpc) is 2.82. The lowest BCUT2D eigenvalue weighted by Crippen LogP contribution is -2.12. The number of esters is 1. The van der Waals surface area contributed by atoms with Gasteiger partial charge in [-0.05, 0) is 17.7 Å². The number of ether oxygens (including phenoxy) is 1. The molecule has 1 aromatic rings. The number of hydrogen-bond acceptors (Lipinski definition) is 4. The summed E-state index contributed by atoms with van der Waals surface area (Å²) in [6, 6.07) is 7.56. The molecule has 1 fully saturated rings. The van der Waals surface area contributed by atoms with E-state index in [1.807, 2.05) is 36.0 Å². The van der Waals surface area contributed by atoms with Gasteiger partial charge >= 0.3 is 5.97 Å². The van der Waals surface area contributed by atoms with E-state index in [4.69, 9.17) is 0 Å². The minimum Gasteiger partial charge on any atom is -0.465 e. The number of rotatable bonds is 2. The Hall–Kier alpha value is -1.00. The van der Waals surface area contributed by atoms with Gasteiger partial charge in [-0.25, -0.2) is 4.79 Å². The van der Waals surface area contributed by atoms with Crippen LogP contribution in [0.4, 0.5) is 0 Å². The molecule has 1 aliphatic heterocycles. The first-order chi connectivity index (χ1) is 7.31. The summed E-state index contributed by atoms with van der Waals surface area (Å²) >= 11 is 1.89. The normalized spacial score (nSPS) is 20.2. The van der Waals surface area contributed by atoms with Gasteiger partial charge in [0.25, 0.3) is 0 Å². The van der Waals surface area contributed by atoms with Crippen LogP contribution in [0, 0.1) is 0 Å². The van der Waals surface area contributed by atoms with Crippen molar-refractivity contribution in [2.24, 2.45) is 0 Å². The van der Waals surface area contributed by atoms with E-state index in [-0.39, 0.29) is 5.97 Å². The number of thioether (sulfide) groups is 1. The van der Waals surface area contributed by atoms with Crippen LogP contribution in [0.1, 0.15) is 21.3 Å². The average molecular weight is 223 g/mol. The standard InChI is InChI=1S/C11H13NO2S/c1-14-11(13)9-4-2-8(3-5-9)10-12-6-7-15-10/h2-5,10,12H,6-7H2,1H3. The van der Waals surface area contributed by atoms with E-state index < -0.39 is 0 Å². The van der Waals surface area contributed by atoms with Crippen LogP contribution in [0.5, 0.6) is 0 Å². The molecule has 1 aromatic carbocycles. The highest BCUT2D eigenvalue weighted by molar-refractivity contribution is 7.99. The third-order valence-corrected chi connectivity index (χ3v) is 3.56. The van der Waals surface area contributed by atoms with Crippen LogP contribution in [0.3, 0.4) is 0 Å². The van der Waals surface area contributed by atoms with Crippen molar-refractivity contribution in [1.82, 2.24) is 5.32 Å². The first kappa shape index (κ1) is 10.5. The van der Waals surface area contributed by atoms with Gasteiger partial charge in [-0.1, -0.05) is 12.1 Å². The number of benzene rings is 1. The molecule has 4 heteroatoms. The predicted octanol–water partition coefficient (Wildman–Crippen LogP) is 1.81. The van der Waals surface area contributed by atoms with Gasteiger partial charge in [-0.3, -0.25) is 0 Å². The van der Waals surface area contributed by atoms with Gasteiger partial charge in [0.05, 0.1) is 18.0 Å². The number of carbonyl (C=O) groups is 1. The molecule has 0 saturated carbocycles. The first-order valence-corrected chi connectivity index (χ1v) is 5.89. The SMILES string of the molecule is COC(=O)c1ccc(C2NCCS2)cc1. The van der Waals surface area contributed by atoms with E-state index in [0.717, 1.165) is 12.3 Å². The number of methoxy groups -OCH3 is 1. The lowest BCUT2D eigenvalue weighted by Gasteiger charge is -2.09. The summed E-state index contributed by atoms with van der Waals surface area (Å²) in [5, 5.41) is 3.75. The van der Waals surface area contributed by atoms with Gasteiger partial charge in [0.2, 0.25) is 0 Å². The van der Waals surface area contributed by atoms with Crippen LogP contribution in [-0.2, 0) is 4.74 Å². The van der Waals surface area contributed by atoms with E-state index in [1.54, 1.807) is 0 Å². The quantitative estimate of drug-likeness (QED) is 0.776. The third kappa shape index (κ3) is 2.33. The molecule has 3 nitrogen and oxygen atoms in total. The highest BCUT2D eigenvalue weighted by Crippen LogP contribution is 2.29. The Morgan fingerprint density at radius 3 is 2.73 bits per heavy atom. The van der Waals surface area contributed by atoms with Crippen LogP contribution >= 0.6 is 11.8 Å². The van der Waals surface area contributed by atoms with Crippen molar-refractivity contribution in [3.63, 3.8) is 0 Å². The molecule has 0 bridgehead atoms. The highest BCUT2D eigenvalue weighted by Gasteiger charge is 2.16. The number of carbonyl (C=O) groups excluding carboxylic acids is 1. The van der Waals surface area contributed by atoms with Crippen molar-refractivity contribution >= 4 is 17.7 Å². The summed E-state index contributed by atoms with van der Waals surface area (Å²) in [6.07, 6.45) is 0. The second-order valence-electron chi connectivity index (χ2n) is 3.32. The lowest BCUT2D eigenvalue weighted by atomic mass is 10.1. The van der Waals surface area contributed by atoms with Crippen LogP contribution in [-0.4, -0.2) is 25.4 Å². The van der Waals surface area contributed by atoms with E-state index in [0.29, 0.717) is 10.9 Å². The second-order valence-corrected chi connectivity index (χ2v) is 4.53. The van der Waals surface area contributed by atoms with E-state index in [1.165, 1.54) is 12.7 Å². The Kier molecular flexibility index (Phi) is 3.28. The Morgan fingerprint density at radius 1 is 1.47 bits per heavy atom. The summed E-state index contributed by atoms with van der Waals surface area (Å²) in [4.78, 5) is 11.2. The van der Waals surface area contributed by atoms with E-state index >= 15 is 0 Å². The van der Waals surface area contributed by atoms with Gasteiger partial charge in [0.15, 0.2) is 0 Å². The lowest BCUT2D eigenvalue weighted by molar-refractivity contribution is 0.0600. The van der Waals surface area contributed by atoms with Crippen molar-refractivity contribution < 1.29 is 9.53 Å². The maximum atomic E-state index is 11.2. The van der Waals surface area contributed by atoms with Crippen LogP contribution in [0.25, 0.3) is 0 Å². The Morgan fingerprint density at radius 2 is 2.20 bits per heavy atom. The maximum Gasteiger partial charge on any atom is 0.337 e. The van der Waals surface area contributed by atoms with Crippen LogP contribution in [0.15, 0.2) is 24.3 Å². The zero-order valence-corrected chi connectivity index (χ0v) is 9.34. The van der Waals surface area contributed by atoms with Gasteiger partial charge in [-0.15, -0.1) is 11.8 Å². The first-order valence-electron chi connectivity index (χ1n) is 4.84. The molecule has 1 aliphatic rings. The molecular weight excluding hydrogens is 210 g/mol. The van der Waals surface area contributed by atoms with Gasteiger partial charge in [-0.2, -0.15) is 0 Å². The molecule has 0 radical (unpaired) electrons. The Balaban J connectivity index is 2.12. The zero-order valence-electron chi connectivity index (χ0n) is 8.53. The molecule has 1 saturated heterocycles. The van der Waals surface area contributed by atoms with Crippen molar-refractivity contribution in [1.29, 1.82) is 0 Å². The molecule has 0 aromatic heterocycles. The van der Waals surface area contributed by atoms with E-state index in [9.17, 15) is 4.79 Å². The van der Waals surface area contributed by atoms with Crippen molar-refractivity contribution in [2.75, 3.05) is 19.4 Å². The molecular formula is C11H13NO2S. The molecule has 0 spiro atoms. The molecule has 0 aliphatic carbocycles. The molecule has 1 heterocycles. The topological polar surface area (TPSA) is 38.3 Å². The van der Waals surface area contributed by atoms with Crippen molar-refractivity contribution in [3.8, 4) is 0 Å².